The van der Waals surface area contributed by atoms with Crippen molar-refractivity contribution in [1.82, 2.24) is 0 Å². The van der Waals surface area contributed by atoms with Gasteiger partial charge in [-0.05, 0) is 12.8 Å². The van der Waals surface area contributed by atoms with E-state index < -0.39 is 51.1 Å². The molecule has 0 aliphatic rings. The molecule has 0 saturated heterocycles. The third-order valence-electron chi connectivity index (χ3n) is 12.4. The van der Waals surface area contributed by atoms with Crippen molar-refractivity contribution in [1.29, 1.82) is 0 Å². The molecule has 0 aromatic heterocycles. The number of phosphoric ester groups is 1. The highest BCUT2D eigenvalue weighted by Gasteiger charge is 2.28. The van der Waals surface area contributed by atoms with E-state index in [0.29, 0.717) is 12.8 Å². The molecule has 0 heterocycles. The Balaban J connectivity index is 4.16. The molecule has 0 aromatic rings. The summed E-state index contributed by atoms with van der Waals surface area (Å²) in [5.41, 5.74) is 5.36. The fourth-order valence-electron chi connectivity index (χ4n) is 8.13. The lowest BCUT2D eigenvalue weighted by Gasteiger charge is -2.20. The third kappa shape index (κ3) is 47.0. The molecule has 64 heavy (non-hydrogen) atoms. The highest BCUT2D eigenvalue weighted by Crippen LogP contribution is 2.43. The molecule has 11 nitrogen and oxygen atoms in total. The van der Waals surface area contributed by atoms with Crippen molar-refractivity contribution in [3.05, 3.63) is 0 Å². The molecule has 380 valence electrons. The molecule has 12 heteroatoms. The predicted octanol–water partition coefficient (Wildman–Crippen LogP) is 15.4. The number of carbonyl (C=O) groups is 3. The van der Waals surface area contributed by atoms with Crippen molar-refractivity contribution in [2.75, 3.05) is 19.8 Å². The molecule has 0 spiro atoms. The van der Waals surface area contributed by atoms with Gasteiger partial charge in [0.05, 0.1) is 13.2 Å². The van der Waals surface area contributed by atoms with E-state index in [2.05, 4.69) is 13.8 Å². The quantitative estimate of drug-likeness (QED) is 0.0301. The minimum atomic E-state index is -4.72. The monoisotopic (exact) mass is 932 g/mol. The van der Waals surface area contributed by atoms with E-state index in [0.717, 1.165) is 38.5 Å². The van der Waals surface area contributed by atoms with Crippen LogP contribution < -0.4 is 5.73 Å². The lowest BCUT2D eigenvalue weighted by molar-refractivity contribution is -0.161. The van der Waals surface area contributed by atoms with Crippen LogP contribution >= 0.6 is 7.82 Å². The fraction of sp³-hybridized carbons (Fsp3) is 0.942. The van der Waals surface area contributed by atoms with Gasteiger partial charge in [0.15, 0.2) is 6.10 Å². The fourth-order valence-corrected chi connectivity index (χ4v) is 8.91. The first-order valence-electron chi connectivity index (χ1n) is 27.1. The van der Waals surface area contributed by atoms with Crippen LogP contribution in [0.5, 0.6) is 0 Å². The normalized spacial score (nSPS) is 13.4. The molecule has 0 aliphatic carbocycles. The van der Waals surface area contributed by atoms with Gasteiger partial charge >= 0.3 is 25.7 Å². The summed E-state index contributed by atoms with van der Waals surface area (Å²) in [6, 6.07) is -1.52. The van der Waals surface area contributed by atoms with E-state index in [1.54, 1.807) is 0 Å². The molecule has 0 rings (SSSR count). The van der Waals surface area contributed by atoms with E-state index in [1.165, 1.54) is 205 Å². The molecule has 0 bridgehead atoms. The van der Waals surface area contributed by atoms with E-state index in [4.69, 9.17) is 29.4 Å². The number of unbranched alkanes of at least 4 members (excludes halogenated alkanes) is 38. The Kier molecular flexibility index (Phi) is 46.8. The second-order valence-electron chi connectivity index (χ2n) is 18.7. The molecule has 4 N–H and O–H groups in total. The second-order valence-corrected chi connectivity index (χ2v) is 20.2. The average molecular weight is 932 g/mol. The van der Waals surface area contributed by atoms with Gasteiger partial charge in [0.25, 0.3) is 0 Å². The van der Waals surface area contributed by atoms with Gasteiger partial charge in [-0.2, -0.15) is 0 Å². The number of carboxylic acids is 1. The molecular formula is C52H102NO10P. The zero-order valence-electron chi connectivity index (χ0n) is 41.7. The van der Waals surface area contributed by atoms with Crippen LogP contribution in [0.1, 0.15) is 284 Å². The Morgan fingerprint density at radius 2 is 0.688 bits per heavy atom. The van der Waals surface area contributed by atoms with Crippen molar-refractivity contribution in [3.8, 4) is 0 Å². The van der Waals surface area contributed by atoms with Crippen LogP contribution in [0.2, 0.25) is 0 Å². The number of hydrogen-bond acceptors (Lipinski definition) is 9. The van der Waals surface area contributed by atoms with Crippen molar-refractivity contribution in [2.24, 2.45) is 5.73 Å². The minimum Gasteiger partial charge on any atom is -0.480 e. The average Bonchev–Trinajstić information content (AvgIpc) is 3.27. The maximum atomic E-state index is 12.7. The number of carboxylic acid groups (broad SMARTS) is 1. The van der Waals surface area contributed by atoms with Crippen molar-refractivity contribution in [3.63, 3.8) is 0 Å². The van der Waals surface area contributed by atoms with Gasteiger partial charge in [0, 0.05) is 12.8 Å². The number of nitrogens with two attached hydrogens (primary N) is 1. The molecular weight excluding hydrogens is 830 g/mol. The predicted molar refractivity (Wildman–Crippen MR) is 263 cm³/mol. The first-order chi connectivity index (χ1) is 31.1. The number of ether oxygens (including phenoxy) is 2. The summed E-state index contributed by atoms with van der Waals surface area (Å²) in [7, 11) is -4.72. The van der Waals surface area contributed by atoms with E-state index in [-0.39, 0.29) is 19.4 Å². The smallest absolute Gasteiger partial charge is 0.472 e. The summed E-state index contributed by atoms with van der Waals surface area (Å²) in [6.45, 7) is 2.88. The summed E-state index contributed by atoms with van der Waals surface area (Å²) >= 11 is 0. The first kappa shape index (κ1) is 62.5. The van der Waals surface area contributed by atoms with Crippen LogP contribution in [-0.4, -0.2) is 59.9 Å². The molecule has 0 amide bonds. The number of hydrogen-bond donors (Lipinski definition) is 3. The van der Waals surface area contributed by atoms with E-state index >= 15 is 0 Å². The van der Waals surface area contributed by atoms with Gasteiger partial charge in [-0.15, -0.1) is 0 Å². The van der Waals surface area contributed by atoms with Crippen LogP contribution in [0.4, 0.5) is 0 Å². The first-order valence-corrected chi connectivity index (χ1v) is 28.6. The van der Waals surface area contributed by atoms with Crippen molar-refractivity contribution < 1.29 is 47.5 Å². The number of rotatable bonds is 52. The SMILES string of the molecule is CCCCCCCCCCCCCCCCCCCCCCC(=O)OC[C@H](COP(=O)(O)OC[C@H](N)C(=O)O)OC(=O)CCCCCCCCCCCCCCCCCCCCCC. The summed E-state index contributed by atoms with van der Waals surface area (Å²) < 4.78 is 32.9. The molecule has 0 aliphatic heterocycles. The highest BCUT2D eigenvalue weighted by atomic mass is 31.2. The van der Waals surface area contributed by atoms with E-state index in [9.17, 15) is 23.8 Å². The lowest BCUT2D eigenvalue weighted by atomic mass is 10.0. The second kappa shape index (κ2) is 48.0. The Morgan fingerprint density at radius 1 is 0.422 bits per heavy atom. The van der Waals surface area contributed by atoms with Gasteiger partial charge in [-0.3, -0.25) is 23.4 Å². The Hall–Kier alpha value is -1.52. The van der Waals surface area contributed by atoms with Gasteiger partial charge < -0.3 is 25.2 Å². The van der Waals surface area contributed by atoms with Crippen LogP contribution in [0.3, 0.4) is 0 Å². The summed E-state index contributed by atoms with van der Waals surface area (Å²) in [4.78, 5) is 46.2. The van der Waals surface area contributed by atoms with Crippen LogP contribution in [0.25, 0.3) is 0 Å². The molecule has 3 atom stereocenters. The zero-order chi connectivity index (χ0) is 47.0. The lowest BCUT2D eigenvalue weighted by Crippen LogP contribution is -2.34. The third-order valence-corrected chi connectivity index (χ3v) is 13.3. The topological polar surface area (TPSA) is 172 Å². The van der Waals surface area contributed by atoms with Gasteiger partial charge in [0.2, 0.25) is 0 Å². The van der Waals surface area contributed by atoms with Crippen molar-refractivity contribution in [2.45, 2.75) is 296 Å². The van der Waals surface area contributed by atoms with Gasteiger partial charge in [0.1, 0.15) is 12.6 Å². The minimum absolute atomic E-state index is 0.170. The Labute approximate surface area is 393 Å². The van der Waals surface area contributed by atoms with Gasteiger partial charge in [-0.1, -0.05) is 258 Å². The summed E-state index contributed by atoms with van der Waals surface area (Å²) in [5, 5.41) is 8.93. The zero-order valence-corrected chi connectivity index (χ0v) is 42.6. The largest absolute Gasteiger partial charge is 0.480 e. The molecule has 1 unspecified atom stereocenters. The van der Waals surface area contributed by atoms with Crippen molar-refractivity contribution >= 4 is 25.7 Å². The molecule has 0 radical (unpaired) electrons. The number of esters is 2. The highest BCUT2D eigenvalue weighted by molar-refractivity contribution is 7.47. The number of aliphatic carboxylic acids is 1. The van der Waals surface area contributed by atoms with E-state index in [1.807, 2.05) is 0 Å². The maximum Gasteiger partial charge on any atom is 0.472 e. The van der Waals surface area contributed by atoms with Crippen LogP contribution in [0, 0.1) is 0 Å². The van der Waals surface area contributed by atoms with Crippen LogP contribution in [0.15, 0.2) is 0 Å². The number of carbonyl (C=O) groups excluding carboxylic acids is 2. The van der Waals surface area contributed by atoms with Crippen LogP contribution in [-0.2, 0) is 37.5 Å². The standard InChI is InChI=1S/C52H102NO10P/c1-3-5-7-9-11-13-15-17-19-21-23-25-27-29-31-33-35-37-39-41-43-50(54)60-45-48(46-61-64(58,59)62-47-49(53)52(56)57)63-51(55)44-42-40-38-36-34-32-30-28-26-24-22-20-18-16-14-12-10-8-6-4-2/h48-49H,3-47,53H2,1-2H3,(H,56,57)(H,58,59)/t48-,49+/m1/s1. The Morgan fingerprint density at radius 3 is 0.984 bits per heavy atom. The summed E-state index contributed by atoms with van der Waals surface area (Å²) in [5.74, 6) is -2.35. The Bertz CT molecular complexity index is 1090. The number of phosphoric acid groups is 1. The maximum absolute atomic E-state index is 12.7. The molecule has 0 saturated carbocycles. The van der Waals surface area contributed by atoms with Gasteiger partial charge in [-0.25, -0.2) is 4.57 Å². The molecule has 0 fully saturated rings. The molecule has 0 aromatic carbocycles. The summed E-state index contributed by atoms with van der Waals surface area (Å²) in [6.07, 6.45) is 50.2.